The van der Waals surface area contributed by atoms with Gasteiger partial charge in [0.05, 0.1) is 0 Å². The van der Waals surface area contributed by atoms with Crippen molar-refractivity contribution in [1.82, 2.24) is 10.2 Å². The predicted octanol–water partition coefficient (Wildman–Crippen LogP) is 3.48. The van der Waals surface area contributed by atoms with Crippen LogP contribution < -0.4 is 5.32 Å². The zero-order valence-electron chi connectivity index (χ0n) is 11.6. The van der Waals surface area contributed by atoms with Gasteiger partial charge in [-0.05, 0) is 56.9 Å². The maximum atomic E-state index is 3.59. The molecule has 1 aliphatic heterocycles. The Bertz CT molecular complexity index is 501. The molecule has 102 valence electrons. The summed E-state index contributed by atoms with van der Waals surface area (Å²) in [6, 6.07) is 11.7. The van der Waals surface area contributed by atoms with Crippen LogP contribution in [0.3, 0.4) is 0 Å². The molecule has 0 saturated carbocycles. The van der Waals surface area contributed by atoms with Gasteiger partial charge in [-0.1, -0.05) is 18.2 Å². The van der Waals surface area contributed by atoms with Crippen molar-refractivity contribution < 1.29 is 0 Å². The van der Waals surface area contributed by atoms with Crippen LogP contribution in [0.5, 0.6) is 0 Å². The molecule has 1 fully saturated rings. The normalized spacial score (nSPS) is 20.4. The number of hydrogen-bond acceptors (Lipinski definition) is 3. The highest BCUT2D eigenvalue weighted by Crippen LogP contribution is 2.25. The van der Waals surface area contributed by atoms with Crippen molar-refractivity contribution in [2.24, 2.45) is 0 Å². The Morgan fingerprint density at radius 1 is 1.37 bits per heavy atom. The average molecular weight is 274 g/mol. The van der Waals surface area contributed by atoms with E-state index in [0.29, 0.717) is 0 Å². The van der Waals surface area contributed by atoms with Crippen molar-refractivity contribution in [1.29, 1.82) is 0 Å². The molecular formula is C16H22N2S. The molecule has 0 radical (unpaired) electrons. The van der Waals surface area contributed by atoms with Crippen molar-refractivity contribution in [3.8, 4) is 0 Å². The van der Waals surface area contributed by atoms with Gasteiger partial charge in [0, 0.05) is 22.2 Å². The van der Waals surface area contributed by atoms with Gasteiger partial charge in [-0.25, -0.2) is 0 Å². The van der Waals surface area contributed by atoms with Gasteiger partial charge in [0.2, 0.25) is 0 Å². The maximum Gasteiger partial charge on any atom is 0.0346 e. The smallest absolute Gasteiger partial charge is 0.0346 e. The molecule has 0 aliphatic carbocycles. The number of hydrogen-bond donors (Lipinski definition) is 1. The summed E-state index contributed by atoms with van der Waals surface area (Å²) in [6.07, 6.45) is 4.03. The van der Waals surface area contributed by atoms with E-state index >= 15 is 0 Å². The van der Waals surface area contributed by atoms with Gasteiger partial charge in [0.1, 0.15) is 0 Å². The predicted molar refractivity (Wildman–Crippen MR) is 83.8 cm³/mol. The monoisotopic (exact) mass is 274 g/mol. The highest BCUT2D eigenvalue weighted by Gasteiger charge is 2.19. The molecular weight excluding hydrogens is 252 g/mol. The molecule has 0 spiro atoms. The molecule has 2 heterocycles. The molecule has 1 N–H and O–H groups in total. The van der Waals surface area contributed by atoms with Crippen LogP contribution in [0.1, 0.15) is 24.1 Å². The lowest BCUT2D eigenvalue weighted by atomic mass is 10.1. The van der Waals surface area contributed by atoms with E-state index in [2.05, 4.69) is 47.6 Å². The number of rotatable bonds is 5. The Balaban J connectivity index is 1.47. The standard InChI is InChI=1S/C16H22N2S/c1-18-10-4-6-14(18)8-9-17-12-15-11-13-5-2-3-7-16(13)19-15/h2-3,5,7,11,14,17H,4,6,8-10,12H2,1H3. The molecule has 3 rings (SSSR count). The number of likely N-dealkylation sites (tertiary alicyclic amines) is 1. The van der Waals surface area contributed by atoms with E-state index in [9.17, 15) is 0 Å². The third-order valence-electron chi connectivity index (χ3n) is 4.10. The Hall–Kier alpha value is -0.900. The lowest BCUT2D eigenvalue weighted by molar-refractivity contribution is 0.293. The van der Waals surface area contributed by atoms with Crippen LogP contribution in [0.25, 0.3) is 10.1 Å². The fraction of sp³-hybridized carbons (Fsp3) is 0.500. The summed E-state index contributed by atoms with van der Waals surface area (Å²) >= 11 is 1.91. The first-order valence-corrected chi connectivity index (χ1v) is 8.03. The molecule has 3 heteroatoms. The van der Waals surface area contributed by atoms with E-state index in [4.69, 9.17) is 0 Å². The van der Waals surface area contributed by atoms with Gasteiger partial charge in [-0.2, -0.15) is 0 Å². The third-order valence-corrected chi connectivity index (χ3v) is 5.22. The molecule has 1 aromatic heterocycles. The lowest BCUT2D eigenvalue weighted by Crippen LogP contribution is -2.28. The number of nitrogens with zero attached hydrogens (tertiary/aromatic N) is 1. The largest absolute Gasteiger partial charge is 0.312 e. The van der Waals surface area contributed by atoms with Crippen LogP contribution in [-0.2, 0) is 6.54 Å². The lowest BCUT2D eigenvalue weighted by Gasteiger charge is -2.19. The molecule has 2 nitrogen and oxygen atoms in total. The minimum atomic E-state index is 0.801. The van der Waals surface area contributed by atoms with Gasteiger partial charge < -0.3 is 10.2 Å². The van der Waals surface area contributed by atoms with E-state index in [1.807, 2.05) is 11.3 Å². The molecule has 19 heavy (non-hydrogen) atoms. The molecule has 0 bridgehead atoms. The molecule has 1 aromatic carbocycles. The first-order chi connectivity index (χ1) is 9.33. The molecule has 1 saturated heterocycles. The number of fused-ring (bicyclic) bond motifs is 1. The quantitative estimate of drug-likeness (QED) is 0.840. The second-order valence-corrected chi connectivity index (χ2v) is 6.66. The molecule has 1 atom stereocenters. The summed E-state index contributed by atoms with van der Waals surface area (Å²) in [4.78, 5) is 3.95. The van der Waals surface area contributed by atoms with Crippen molar-refractivity contribution in [3.63, 3.8) is 0 Å². The summed E-state index contributed by atoms with van der Waals surface area (Å²) < 4.78 is 1.40. The van der Waals surface area contributed by atoms with Gasteiger partial charge >= 0.3 is 0 Å². The fourth-order valence-corrected chi connectivity index (χ4v) is 3.98. The van der Waals surface area contributed by atoms with Crippen molar-refractivity contribution in [2.45, 2.75) is 31.8 Å². The summed E-state index contributed by atoms with van der Waals surface area (Å²) in [7, 11) is 2.25. The van der Waals surface area contributed by atoms with Crippen LogP contribution in [-0.4, -0.2) is 31.1 Å². The molecule has 1 aliphatic rings. The van der Waals surface area contributed by atoms with E-state index in [-0.39, 0.29) is 0 Å². The van der Waals surface area contributed by atoms with E-state index in [0.717, 1.165) is 19.1 Å². The number of nitrogens with one attached hydrogen (secondary N) is 1. The Labute approximate surface area is 119 Å². The minimum Gasteiger partial charge on any atom is -0.312 e. The summed E-state index contributed by atoms with van der Waals surface area (Å²) in [6.45, 7) is 3.42. The van der Waals surface area contributed by atoms with Gasteiger partial charge in [-0.3, -0.25) is 0 Å². The number of thiophene rings is 1. The van der Waals surface area contributed by atoms with Crippen LogP contribution in [0.15, 0.2) is 30.3 Å². The fourth-order valence-electron chi connectivity index (χ4n) is 2.95. The first kappa shape index (κ1) is 13.1. The van der Waals surface area contributed by atoms with Crippen molar-refractivity contribution in [3.05, 3.63) is 35.2 Å². The summed E-state index contributed by atoms with van der Waals surface area (Å²) in [5.74, 6) is 0. The van der Waals surface area contributed by atoms with E-state index < -0.39 is 0 Å². The van der Waals surface area contributed by atoms with Gasteiger partial charge in [0.25, 0.3) is 0 Å². The van der Waals surface area contributed by atoms with Gasteiger partial charge in [-0.15, -0.1) is 11.3 Å². The van der Waals surface area contributed by atoms with Crippen LogP contribution >= 0.6 is 11.3 Å². The van der Waals surface area contributed by atoms with E-state index in [1.165, 1.54) is 40.8 Å². The SMILES string of the molecule is CN1CCCC1CCNCc1cc2ccccc2s1. The summed E-state index contributed by atoms with van der Waals surface area (Å²) in [5, 5.41) is 4.97. The second-order valence-electron chi connectivity index (χ2n) is 5.49. The second kappa shape index (κ2) is 6.04. The number of benzene rings is 1. The maximum absolute atomic E-state index is 3.59. The Kier molecular flexibility index (Phi) is 4.16. The van der Waals surface area contributed by atoms with Gasteiger partial charge in [0.15, 0.2) is 0 Å². The highest BCUT2D eigenvalue weighted by atomic mass is 32.1. The van der Waals surface area contributed by atoms with Crippen LogP contribution in [0, 0.1) is 0 Å². The highest BCUT2D eigenvalue weighted by molar-refractivity contribution is 7.19. The molecule has 2 aromatic rings. The minimum absolute atomic E-state index is 0.801. The summed E-state index contributed by atoms with van der Waals surface area (Å²) in [5.41, 5.74) is 0. The topological polar surface area (TPSA) is 15.3 Å². The van der Waals surface area contributed by atoms with Crippen LogP contribution in [0.4, 0.5) is 0 Å². The average Bonchev–Trinajstić information content (AvgIpc) is 3.00. The van der Waals surface area contributed by atoms with E-state index in [1.54, 1.807) is 0 Å². The molecule has 0 amide bonds. The molecule has 1 unspecified atom stereocenters. The van der Waals surface area contributed by atoms with Crippen LogP contribution in [0.2, 0.25) is 0 Å². The zero-order valence-corrected chi connectivity index (χ0v) is 12.4. The van der Waals surface area contributed by atoms with Crippen molar-refractivity contribution >= 4 is 21.4 Å². The zero-order chi connectivity index (χ0) is 13.1. The Morgan fingerprint density at radius 2 is 2.26 bits per heavy atom. The first-order valence-electron chi connectivity index (χ1n) is 7.21. The van der Waals surface area contributed by atoms with Crippen molar-refractivity contribution in [2.75, 3.05) is 20.1 Å². The third kappa shape index (κ3) is 3.16. The Morgan fingerprint density at radius 3 is 3.05 bits per heavy atom.